The molecule has 2 aromatic heterocycles. The van der Waals surface area contributed by atoms with Gasteiger partial charge in [-0.05, 0) is 77.3 Å². The third-order valence-corrected chi connectivity index (χ3v) is 12.0. The zero-order valence-corrected chi connectivity index (χ0v) is 34.5. The van der Waals surface area contributed by atoms with Gasteiger partial charge in [0.15, 0.2) is 0 Å². The highest BCUT2D eigenvalue weighted by molar-refractivity contribution is 6.07. The summed E-state index contributed by atoms with van der Waals surface area (Å²) in [5, 5.41) is 19.2. The molecule has 2 unspecified atom stereocenters. The topological polar surface area (TPSA) is 198 Å². The number of fused-ring (bicyclic) bond motifs is 6. The molecule has 15 nitrogen and oxygen atoms in total. The number of carbonyl (C=O) groups is 4. The molecule has 6 aromatic rings. The van der Waals surface area contributed by atoms with Gasteiger partial charge in [0, 0.05) is 23.9 Å². The maximum absolute atomic E-state index is 13.9. The van der Waals surface area contributed by atoms with E-state index in [1.807, 2.05) is 44.7 Å². The smallest absolute Gasteiger partial charge is 0.407 e. The number of amides is 4. The van der Waals surface area contributed by atoms with E-state index in [1.165, 1.54) is 14.2 Å². The lowest BCUT2D eigenvalue weighted by molar-refractivity contribution is -0.136. The van der Waals surface area contributed by atoms with Crippen LogP contribution in [0.1, 0.15) is 70.7 Å². The van der Waals surface area contributed by atoms with Gasteiger partial charge in [0.1, 0.15) is 23.7 Å². The summed E-state index contributed by atoms with van der Waals surface area (Å²) in [6.45, 7) is 8.33. The Morgan fingerprint density at radius 3 is 1.72 bits per heavy atom. The average molecular weight is 812 g/mol. The molecular weight excluding hydrogens is 763 g/mol. The number of methoxy groups -OCH3 is 2. The summed E-state index contributed by atoms with van der Waals surface area (Å²) in [5.41, 5.74) is 5.38. The molecule has 60 heavy (non-hydrogen) atoms. The summed E-state index contributed by atoms with van der Waals surface area (Å²) < 4.78 is 9.57. The van der Waals surface area contributed by atoms with Crippen molar-refractivity contribution in [2.24, 2.45) is 17.8 Å². The first-order valence-corrected chi connectivity index (χ1v) is 20.4. The van der Waals surface area contributed by atoms with Crippen LogP contribution in [0.15, 0.2) is 60.7 Å². The molecule has 0 aliphatic carbocycles. The number of benzene rings is 4. The van der Waals surface area contributed by atoms with Gasteiger partial charge >= 0.3 is 12.2 Å². The third kappa shape index (κ3) is 7.31. The van der Waals surface area contributed by atoms with E-state index in [4.69, 9.17) is 19.4 Å². The fourth-order valence-corrected chi connectivity index (χ4v) is 8.82. The number of imidazole rings is 2. The first-order chi connectivity index (χ1) is 28.9. The summed E-state index contributed by atoms with van der Waals surface area (Å²) in [6, 6.07) is 20.9. The number of likely N-dealkylation sites (tertiary alicyclic amines) is 2. The number of nitriles is 1. The number of hydrogen-bond acceptors (Lipinski definition) is 9. The number of carbonyl (C=O) groups excluding carboxylic acids is 4. The summed E-state index contributed by atoms with van der Waals surface area (Å²) in [6.07, 6.45) is 0.701. The van der Waals surface area contributed by atoms with Crippen molar-refractivity contribution in [3.8, 4) is 17.2 Å². The van der Waals surface area contributed by atoms with Crippen molar-refractivity contribution in [3.63, 3.8) is 0 Å². The van der Waals surface area contributed by atoms with Crippen molar-refractivity contribution < 1.29 is 28.7 Å². The van der Waals surface area contributed by atoms with Crippen molar-refractivity contribution in [2.75, 3.05) is 27.3 Å². The van der Waals surface area contributed by atoms with E-state index < -0.39 is 30.3 Å². The molecule has 4 aromatic carbocycles. The van der Waals surface area contributed by atoms with Crippen molar-refractivity contribution in [1.29, 1.82) is 5.26 Å². The molecule has 310 valence electrons. The van der Waals surface area contributed by atoms with Crippen molar-refractivity contribution in [3.05, 3.63) is 72.3 Å². The Labute approximate surface area is 346 Å². The number of aromatic nitrogens is 4. The van der Waals surface area contributed by atoms with Crippen molar-refractivity contribution >= 4 is 67.6 Å². The second kappa shape index (κ2) is 16.2. The van der Waals surface area contributed by atoms with Crippen LogP contribution in [0, 0.1) is 29.1 Å². The van der Waals surface area contributed by atoms with Gasteiger partial charge in [0.05, 0.1) is 60.4 Å². The Kier molecular flexibility index (Phi) is 10.8. The first-order valence-electron chi connectivity index (χ1n) is 20.4. The lowest BCUT2D eigenvalue weighted by Gasteiger charge is -2.29. The van der Waals surface area contributed by atoms with E-state index in [0.717, 1.165) is 73.4 Å². The number of nitrogens with zero attached hydrogens (tertiary/aromatic N) is 5. The number of nitrogens with one attached hydrogen (secondary N) is 4. The highest BCUT2D eigenvalue weighted by Crippen LogP contribution is 2.39. The van der Waals surface area contributed by atoms with Gasteiger partial charge in [-0.25, -0.2) is 19.6 Å². The molecule has 4 N–H and O–H groups in total. The number of H-pyrrole nitrogens is 2. The number of alkyl carbamates (subject to hydrolysis) is 2. The molecule has 4 amide bonds. The zero-order valence-electron chi connectivity index (χ0n) is 34.5. The van der Waals surface area contributed by atoms with Crippen molar-refractivity contribution in [1.82, 2.24) is 40.4 Å². The maximum atomic E-state index is 13.9. The van der Waals surface area contributed by atoms with Crippen LogP contribution in [0.3, 0.4) is 0 Å². The van der Waals surface area contributed by atoms with Gasteiger partial charge in [0.25, 0.3) is 0 Å². The van der Waals surface area contributed by atoms with Crippen LogP contribution in [-0.2, 0) is 19.1 Å². The summed E-state index contributed by atoms with van der Waals surface area (Å²) >= 11 is 0. The zero-order chi connectivity index (χ0) is 42.4. The van der Waals surface area contributed by atoms with E-state index in [1.54, 1.807) is 4.90 Å². The minimum absolute atomic E-state index is 0.123. The van der Waals surface area contributed by atoms with Gasteiger partial charge in [-0.3, -0.25) is 9.59 Å². The minimum Gasteiger partial charge on any atom is -0.453 e. The SMILES string of the molecule is COC(=O)NC(C(=O)N1CCC[C@H]1c1nc2c(ccc3cc(-c4ccc5c(ccc6[nH]c([C@@H]7CC(C#N)CN7C(=O)[C@@H](NC(=O)OC)C(C)C)nc65)c4)ccc32)[nH]1)C(C)C. The molecule has 5 atom stereocenters. The highest BCUT2D eigenvalue weighted by Gasteiger charge is 2.42. The second-order valence-electron chi connectivity index (χ2n) is 16.5. The van der Waals surface area contributed by atoms with Crippen LogP contribution in [0.5, 0.6) is 0 Å². The number of aromatic amines is 2. The molecule has 15 heteroatoms. The molecule has 2 saturated heterocycles. The number of rotatable bonds is 9. The summed E-state index contributed by atoms with van der Waals surface area (Å²) in [5.74, 6) is 0.186. The molecule has 0 bridgehead atoms. The van der Waals surface area contributed by atoms with Crippen LogP contribution in [0.4, 0.5) is 9.59 Å². The van der Waals surface area contributed by atoms with Gasteiger partial charge in [0.2, 0.25) is 11.8 Å². The Morgan fingerprint density at radius 1 is 0.733 bits per heavy atom. The molecule has 2 fully saturated rings. The Morgan fingerprint density at radius 2 is 1.23 bits per heavy atom. The standard InChI is InChI=1S/C45H49N9O6/c1-23(2)36(51-44(57)59-5)42(55)53-17-7-8-34(53)40-47-32-15-11-28-19-26(9-13-30(28)38(32)49-40)27-10-14-31-29(20-27)12-16-33-39(31)50-41(48-33)35-18-25(21-46)22-54(35)43(56)37(24(3)4)52-45(58)60-6/h9-16,19-20,23-25,34-37H,7-8,17-18,22H2,1-6H3,(H,47,49)(H,48,50)(H,51,57)(H,52,58)/t25?,34-,35-,36?,37-/m0/s1. The molecule has 4 heterocycles. The van der Waals surface area contributed by atoms with E-state index >= 15 is 0 Å². The normalized spacial score (nSPS) is 19.0. The molecule has 0 radical (unpaired) electrons. The highest BCUT2D eigenvalue weighted by atomic mass is 16.5. The molecule has 0 spiro atoms. The maximum Gasteiger partial charge on any atom is 0.407 e. The third-order valence-electron chi connectivity index (χ3n) is 12.0. The largest absolute Gasteiger partial charge is 0.453 e. The Balaban J connectivity index is 1.06. The van der Waals surface area contributed by atoms with Crippen molar-refractivity contribution in [2.45, 2.75) is 71.1 Å². The predicted octanol–water partition coefficient (Wildman–Crippen LogP) is 7.25. The van der Waals surface area contributed by atoms with Crippen LogP contribution in [-0.4, -0.2) is 93.1 Å². The van der Waals surface area contributed by atoms with Gasteiger partial charge < -0.3 is 39.9 Å². The van der Waals surface area contributed by atoms with Crippen LogP contribution < -0.4 is 10.6 Å². The van der Waals surface area contributed by atoms with Gasteiger partial charge in [-0.15, -0.1) is 0 Å². The average Bonchev–Trinajstić information content (AvgIpc) is 4.08. The van der Waals surface area contributed by atoms with E-state index in [2.05, 4.69) is 75.2 Å². The number of hydrogen-bond donors (Lipinski definition) is 4. The van der Waals surface area contributed by atoms with Crippen LogP contribution in [0.2, 0.25) is 0 Å². The van der Waals surface area contributed by atoms with E-state index in [9.17, 15) is 24.4 Å². The van der Waals surface area contributed by atoms with E-state index in [-0.39, 0.29) is 42.2 Å². The molecule has 2 aliphatic rings. The summed E-state index contributed by atoms with van der Waals surface area (Å²) in [7, 11) is 2.55. The lowest BCUT2D eigenvalue weighted by atomic mass is 9.98. The minimum atomic E-state index is -0.819. The second-order valence-corrected chi connectivity index (χ2v) is 16.5. The molecule has 0 saturated carbocycles. The predicted molar refractivity (Wildman–Crippen MR) is 226 cm³/mol. The fraction of sp³-hybridized carbons (Fsp3) is 0.400. The van der Waals surface area contributed by atoms with Gasteiger partial charge in [-0.2, -0.15) is 5.26 Å². The Hall–Kier alpha value is -6.69. The molecule has 2 aliphatic heterocycles. The number of ether oxygens (including phenoxy) is 2. The van der Waals surface area contributed by atoms with Crippen LogP contribution in [0.25, 0.3) is 54.7 Å². The Bertz CT molecular complexity index is 2700. The first kappa shape index (κ1) is 40.1. The van der Waals surface area contributed by atoms with Crippen LogP contribution >= 0.6 is 0 Å². The lowest BCUT2D eigenvalue weighted by Crippen LogP contribution is -2.51. The fourth-order valence-electron chi connectivity index (χ4n) is 8.82. The monoisotopic (exact) mass is 811 g/mol. The quantitative estimate of drug-likeness (QED) is 0.116. The molecular formula is C45H49N9O6. The van der Waals surface area contributed by atoms with E-state index in [0.29, 0.717) is 18.8 Å². The summed E-state index contributed by atoms with van der Waals surface area (Å²) in [4.78, 5) is 72.2. The molecule has 8 rings (SSSR count). The van der Waals surface area contributed by atoms with Gasteiger partial charge in [-0.1, -0.05) is 64.1 Å².